The minimum absolute atomic E-state index is 0.270. The van der Waals surface area contributed by atoms with Crippen LogP contribution in [0.2, 0.25) is 5.02 Å². The molecule has 2 nitrogen and oxygen atoms in total. The first kappa shape index (κ1) is 12.0. The average Bonchev–Trinajstić information content (AvgIpc) is 2.23. The van der Waals surface area contributed by atoms with E-state index >= 15 is 0 Å². The minimum Gasteiger partial charge on any atom is -0.506 e. The summed E-state index contributed by atoms with van der Waals surface area (Å²) in [7, 11) is 0. The Kier molecular flexibility index (Phi) is 4.12. The molecule has 0 unspecified atom stereocenters. The van der Waals surface area contributed by atoms with Crippen LogP contribution >= 0.6 is 11.6 Å². The number of aromatic hydroxyl groups is 1. The highest BCUT2D eigenvalue weighted by Gasteiger charge is 2.15. The van der Waals surface area contributed by atoms with Crippen LogP contribution < -0.4 is 5.73 Å². The summed E-state index contributed by atoms with van der Waals surface area (Å²) in [6.07, 6.45) is 3.11. The molecule has 0 radical (unpaired) electrons. The van der Waals surface area contributed by atoms with Crippen molar-refractivity contribution in [1.82, 2.24) is 0 Å². The summed E-state index contributed by atoms with van der Waals surface area (Å²) < 4.78 is 12.9. The number of hydrogen-bond donors (Lipinski definition) is 2. The van der Waals surface area contributed by atoms with Crippen molar-refractivity contribution in [2.24, 2.45) is 5.73 Å². The summed E-state index contributed by atoms with van der Waals surface area (Å²) in [5.41, 5.74) is 6.27. The quantitative estimate of drug-likeness (QED) is 0.780. The third kappa shape index (κ3) is 2.70. The van der Waals surface area contributed by atoms with Gasteiger partial charge in [0.1, 0.15) is 16.6 Å². The van der Waals surface area contributed by atoms with Gasteiger partial charge in [-0.3, -0.25) is 0 Å². The predicted octanol–water partition coefficient (Wildman–Crippen LogP) is 3.15. The molecule has 0 bridgehead atoms. The first-order valence-electron chi connectivity index (χ1n) is 4.61. The Balaban J connectivity index is 2.94. The molecule has 1 atom stereocenters. The van der Waals surface area contributed by atoms with Crippen molar-refractivity contribution >= 4 is 11.6 Å². The van der Waals surface area contributed by atoms with E-state index in [-0.39, 0.29) is 16.8 Å². The number of hydrogen-bond acceptors (Lipinski definition) is 2. The molecule has 0 saturated heterocycles. The van der Waals surface area contributed by atoms with Gasteiger partial charge in [-0.15, -0.1) is 6.58 Å². The molecule has 0 aliphatic rings. The standard InChI is InChI=1S/C11H13ClFNO/c1-2-3-4-9(14)7-5-6-8(13)10(12)11(7)15/h2,5-6,9,15H,1,3-4,14H2/t9-/m1/s1. The van der Waals surface area contributed by atoms with Crippen molar-refractivity contribution in [1.29, 1.82) is 0 Å². The number of rotatable bonds is 4. The Morgan fingerprint density at radius 3 is 2.87 bits per heavy atom. The second-order valence-electron chi connectivity index (χ2n) is 3.27. The fraction of sp³-hybridized carbons (Fsp3) is 0.273. The van der Waals surface area contributed by atoms with E-state index in [1.807, 2.05) is 0 Å². The molecule has 15 heavy (non-hydrogen) atoms. The highest BCUT2D eigenvalue weighted by Crippen LogP contribution is 2.34. The van der Waals surface area contributed by atoms with Crippen LogP contribution in [-0.4, -0.2) is 5.11 Å². The minimum atomic E-state index is -0.645. The summed E-state index contributed by atoms with van der Waals surface area (Å²) in [6, 6.07) is 2.29. The van der Waals surface area contributed by atoms with Gasteiger partial charge in [-0.2, -0.15) is 0 Å². The van der Waals surface area contributed by atoms with Crippen LogP contribution in [0.5, 0.6) is 5.75 Å². The van der Waals surface area contributed by atoms with Gasteiger partial charge in [-0.25, -0.2) is 4.39 Å². The Morgan fingerprint density at radius 2 is 2.27 bits per heavy atom. The van der Waals surface area contributed by atoms with Gasteiger partial charge in [0.25, 0.3) is 0 Å². The Bertz CT molecular complexity index is 368. The Morgan fingerprint density at radius 1 is 1.60 bits per heavy atom. The molecular weight excluding hydrogens is 217 g/mol. The van der Waals surface area contributed by atoms with Crippen LogP contribution in [0.4, 0.5) is 4.39 Å². The molecule has 1 aromatic carbocycles. The van der Waals surface area contributed by atoms with Crippen molar-refractivity contribution in [3.8, 4) is 5.75 Å². The van der Waals surface area contributed by atoms with E-state index in [1.165, 1.54) is 12.1 Å². The zero-order valence-electron chi connectivity index (χ0n) is 8.21. The number of allylic oxidation sites excluding steroid dienone is 1. The highest BCUT2D eigenvalue weighted by molar-refractivity contribution is 6.32. The second-order valence-corrected chi connectivity index (χ2v) is 3.65. The molecule has 82 valence electrons. The molecule has 0 aromatic heterocycles. The van der Waals surface area contributed by atoms with E-state index in [9.17, 15) is 9.50 Å². The number of nitrogens with two attached hydrogens (primary N) is 1. The Labute approximate surface area is 93.2 Å². The second kappa shape index (κ2) is 5.14. The molecule has 1 rings (SSSR count). The third-order valence-electron chi connectivity index (χ3n) is 2.18. The molecule has 0 spiro atoms. The first-order valence-corrected chi connectivity index (χ1v) is 4.99. The number of phenols is 1. The maximum absolute atomic E-state index is 12.9. The van der Waals surface area contributed by atoms with Crippen molar-refractivity contribution < 1.29 is 9.50 Å². The SMILES string of the molecule is C=CCC[C@@H](N)c1ccc(F)c(Cl)c1O. The average molecular weight is 230 g/mol. The van der Waals surface area contributed by atoms with Crippen LogP contribution in [0.25, 0.3) is 0 Å². The van der Waals surface area contributed by atoms with Crippen molar-refractivity contribution in [3.05, 3.63) is 41.2 Å². The van der Waals surface area contributed by atoms with Gasteiger partial charge >= 0.3 is 0 Å². The van der Waals surface area contributed by atoms with Crippen LogP contribution in [0.3, 0.4) is 0 Å². The number of benzene rings is 1. The lowest BCUT2D eigenvalue weighted by Crippen LogP contribution is -2.10. The lowest BCUT2D eigenvalue weighted by Gasteiger charge is -2.13. The maximum Gasteiger partial charge on any atom is 0.145 e. The first-order chi connectivity index (χ1) is 7.07. The number of halogens is 2. The van der Waals surface area contributed by atoms with Crippen LogP contribution in [0.1, 0.15) is 24.4 Å². The van der Waals surface area contributed by atoms with Gasteiger partial charge in [-0.1, -0.05) is 23.7 Å². The van der Waals surface area contributed by atoms with Crippen molar-refractivity contribution in [2.45, 2.75) is 18.9 Å². The molecule has 1 aromatic rings. The van der Waals surface area contributed by atoms with Crippen LogP contribution in [-0.2, 0) is 0 Å². The summed E-state index contributed by atoms with van der Waals surface area (Å²) in [4.78, 5) is 0. The molecule has 0 amide bonds. The number of phenolic OH excluding ortho intramolecular Hbond substituents is 1. The molecule has 0 heterocycles. The molecule has 0 aliphatic carbocycles. The molecule has 0 fully saturated rings. The van der Waals surface area contributed by atoms with Gasteiger partial charge in [0.2, 0.25) is 0 Å². The third-order valence-corrected chi connectivity index (χ3v) is 2.54. The van der Waals surface area contributed by atoms with Crippen LogP contribution in [0, 0.1) is 5.82 Å². The topological polar surface area (TPSA) is 46.2 Å². The molecule has 3 N–H and O–H groups in total. The van der Waals surface area contributed by atoms with E-state index in [1.54, 1.807) is 6.08 Å². The lowest BCUT2D eigenvalue weighted by molar-refractivity contribution is 0.453. The monoisotopic (exact) mass is 229 g/mol. The highest BCUT2D eigenvalue weighted by atomic mass is 35.5. The lowest BCUT2D eigenvalue weighted by atomic mass is 10.0. The zero-order chi connectivity index (χ0) is 11.4. The fourth-order valence-electron chi connectivity index (χ4n) is 1.31. The van der Waals surface area contributed by atoms with Crippen LogP contribution in [0.15, 0.2) is 24.8 Å². The van der Waals surface area contributed by atoms with Gasteiger partial charge < -0.3 is 10.8 Å². The van der Waals surface area contributed by atoms with Gasteiger partial charge in [-0.05, 0) is 18.9 Å². The van der Waals surface area contributed by atoms with Crippen molar-refractivity contribution in [2.75, 3.05) is 0 Å². The summed E-state index contributed by atoms with van der Waals surface area (Å²) >= 11 is 5.56. The smallest absolute Gasteiger partial charge is 0.145 e. The Hall–Kier alpha value is -1.06. The van der Waals surface area contributed by atoms with Gasteiger partial charge in [0.15, 0.2) is 0 Å². The van der Waals surface area contributed by atoms with Gasteiger partial charge in [0.05, 0.1) is 0 Å². The van der Waals surface area contributed by atoms with E-state index in [2.05, 4.69) is 6.58 Å². The fourth-order valence-corrected chi connectivity index (χ4v) is 1.48. The summed E-state index contributed by atoms with van der Waals surface area (Å²) in [6.45, 7) is 3.58. The normalized spacial score (nSPS) is 12.5. The molecule has 0 aliphatic heterocycles. The zero-order valence-corrected chi connectivity index (χ0v) is 8.97. The van der Waals surface area contributed by atoms with E-state index in [0.29, 0.717) is 12.0 Å². The molecule has 4 heteroatoms. The molecular formula is C11H13ClFNO. The van der Waals surface area contributed by atoms with E-state index in [4.69, 9.17) is 17.3 Å². The molecule has 0 saturated carbocycles. The largest absolute Gasteiger partial charge is 0.506 e. The maximum atomic E-state index is 12.9. The van der Waals surface area contributed by atoms with E-state index in [0.717, 1.165) is 6.42 Å². The van der Waals surface area contributed by atoms with Crippen molar-refractivity contribution in [3.63, 3.8) is 0 Å². The van der Waals surface area contributed by atoms with E-state index < -0.39 is 5.82 Å². The summed E-state index contributed by atoms with van der Waals surface area (Å²) in [5.74, 6) is -0.915. The predicted molar refractivity (Wildman–Crippen MR) is 59.4 cm³/mol. The van der Waals surface area contributed by atoms with Gasteiger partial charge in [0, 0.05) is 11.6 Å². The summed E-state index contributed by atoms with van der Waals surface area (Å²) in [5, 5.41) is 9.29.